The van der Waals surface area contributed by atoms with E-state index in [1.807, 2.05) is 41.8 Å². The molecule has 0 aliphatic carbocycles. The Labute approximate surface area is 117 Å². The molecule has 1 aromatic carbocycles. The summed E-state index contributed by atoms with van der Waals surface area (Å²) in [6.07, 6.45) is 6.33. The molecule has 1 aromatic heterocycles. The Morgan fingerprint density at radius 3 is 2.90 bits per heavy atom. The quantitative estimate of drug-likeness (QED) is 0.600. The number of aryl methyl sites for hydroxylation is 2. The second kappa shape index (κ2) is 6.18. The van der Waals surface area contributed by atoms with Gasteiger partial charge < -0.3 is 9.47 Å². The number of nitro benzene ring substituents is 1. The molecule has 0 amide bonds. The first-order chi connectivity index (χ1) is 9.58. The van der Waals surface area contributed by atoms with Gasteiger partial charge in [-0.25, -0.2) is 4.98 Å². The van der Waals surface area contributed by atoms with Gasteiger partial charge in [-0.1, -0.05) is 6.07 Å². The van der Waals surface area contributed by atoms with Crippen molar-refractivity contribution in [2.24, 2.45) is 0 Å². The topological polar surface area (TPSA) is 64.2 Å². The van der Waals surface area contributed by atoms with E-state index in [1.165, 1.54) is 0 Å². The Bertz CT molecular complexity index is 581. The molecule has 0 aliphatic rings. The fraction of sp³-hybridized carbons (Fsp3) is 0.357. The number of imidazole rings is 1. The van der Waals surface area contributed by atoms with Crippen LogP contribution in [-0.4, -0.2) is 28.1 Å². The Morgan fingerprint density at radius 2 is 2.25 bits per heavy atom. The molecule has 0 saturated carbocycles. The molecular formula is C14H18N4O2. The summed E-state index contributed by atoms with van der Waals surface area (Å²) in [7, 11) is 1.88. The Morgan fingerprint density at radius 1 is 1.45 bits per heavy atom. The van der Waals surface area contributed by atoms with E-state index >= 15 is 0 Å². The van der Waals surface area contributed by atoms with Gasteiger partial charge in [-0.15, -0.1) is 0 Å². The highest BCUT2D eigenvalue weighted by atomic mass is 16.6. The van der Waals surface area contributed by atoms with Crippen LogP contribution in [0.25, 0.3) is 0 Å². The van der Waals surface area contributed by atoms with Gasteiger partial charge in [0.1, 0.15) is 5.69 Å². The molecule has 0 N–H and O–H groups in total. The molecule has 0 aliphatic heterocycles. The number of anilines is 1. The molecule has 1 heterocycles. The van der Waals surface area contributed by atoms with E-state index in [-0.39, 0.29) is 10.6 Å². The predicted molar refractivity (Wildman–Crippen MR) is 77.9 cm³/mol. The first-order valence-corrected chi connectivity index (χ1v) is 6.50. The van der Waals surface area contributed by atoms with Crippen LogP contribution >= 0.6 is 0 Å². The second-order valence-corrected chi connectivity index (χ2v) is 4.82. The van der Waals surface area contributed by atoms with Crippen molar-refractivity contribution >= 4 is 11.4 Å². The molecule has 0 atom stereocenters. The summed E-state index contributed by atoms with van der Waals surface area (Å²) < 4.78 is 2.00. The average molecular weight is 274 g/mol. The molecule has 0 fully saturated rings. The number of aromatic nitrogens is 2. The van der Waals surface area contributed by atoms with Gasteiger partial charge in [0.15, 0.2) is 0 Å². The van der Waals surface area contributed by atoms with E-state index in [2.05, 4.69) is 4.98 Å². The molecule has 20 heavy (non-hydrogen) atoms. The highest BCUT2D eigenvalue weighted by Gasteiger charge is 2.16. The van der Waals surface area contributed by atoms with Crippen molar-refractivity contribution in [1.29, 1.82) is 0 Å². The molecule has 2 aromatic rings. The van der Waals surface area contributed by atoms with Crippen LogP contribution in [0.15, 0.2) is 36.9 Å². The zero-order chi connectivity index (χ0) is 14.5. The maximum Gasteiger partial charge on any atom is 0.292 e. The van der Waals surface area contributed by atoms with Gasteiger partial charge >= 0.3 is 0 Å². The van der Waals surface area contributed by atoms with Gasteiger partial charge in [-0.05, 0) is 25.0 Å². The van der Waals surface area contributed by atoms with Gasteiger partial charge in [-0.3, -0.25) is 10.1 Å². The van der Waals surface area contributed by atoms with Crippen LogP contribution in [0.2, 0.25) is 0 Å². The maximum absolute atomic E-state index is 11.1. The highest BCUT2D eigenvalue weighted by Crippen LogP contribution is 2.28. The van der Waals surface area contributed by atoms with Crippen LogP contribution in [-0.2, 0) is 6.54 Å². The van der Waals surface area contributed by atoms with E-state index in [0.29, 0.717) is 5.69 Å². The van der Waals surface area contributed by atoms with Crippen LogP contribution < -0.4 is 4.90 Å². The molecule has 0 spiro atoms. The Hall–Kier alpha value is -2.37. The van der Waals surface area contributed by atoms with E-state index in [4.69, 9.17) is 0 Å². The number of nitrogens with zero attached hydrogens (tertiary/aromatic N) is 4. The second-order valence-electron chi connectivity index (χ2n) is 4.82. The van der Waals surface area contributed by atoms with Gasteiger partial charge in [0.2, 0.25) is 0 Å². The molecular weight excluding hydrogens is 256 g/mol. The third kappa shape index (κ3) is 3.34. The third-order valence-electron chi connectivity index (χ3n) is 3.21. The van der Waals surface area contributed by atoms with Gasteiger partial charge in [0, 0.05) is 38.6 Å². The first kappa shape index (κ1) is 14.0. The minimum Gasteiger partial charge on any atom is -0.369 e. The van der Waals surface area contributed by atoms with E-state index < -0.39 is 0 Å². The minimum atomic E-state index is -0.325. The normalized spacial score (nSPS) is 10.5. The number of rotatable bonds is 6. The monoisotopic (exact) mass is 274 g/mol. The highest BCUT2D eigenvalue weighted by molar-refractivity contribution is 5.63. The minimum absolute atomic E-state index is 0.162. The van der Waals surface area contributed by atoms with Crippen LogP contribution in [0.3, 0.4) is 0 Å². The molecule has 0 radical (unpaired) electrons. The van der Waals surface area contributed by atoms with Crippen LogP contribution in [0.1, 0.15) is 12.0 Å². The van der Waals surface area contributed by atoms with E-state index in [0.717, 1.165) is 25.1 Å². The van der Waals surface area contributed by atoms with Crippen molar-refractivity contribution in [3.05, 3.63) is 52.6 Å². The molecule has 0 unspecified atom stereocenters. The van der Waals surface area contributed by atoms with Crippen molar-refractivity contribution < 1.29 is 4.92 Å². The smallest absolute Gasteiger partial charge is 0.292 e. The van der Waals surface area contributed by atoms with E-state index in [1.54, 1.807) is 18.6 Å². The number of nitro groups is 1. The first-order valence-electron chi connectivity index (χ1n) is 6.50. The summed E-state index contributed by atoms with van der Waals surface area (Å²) in [4.78, 5) is 16.7. The van der Waals surface area contributed by atoms with Gasteiger partial charge in [0.25, 0.3) is 5.69 Å². The summed E-state index contributed by atoms with van der Waals surface area (Å²) in [6, 6.07) is 5.32. The number of hydrogen-bond donors (Lipinski definition) is 0. The lowest BCUT2D eigenvalue weighted by molar-refractivity contribution is -0.384. The fourth-order valence-corrected chi connectivity index (χ4v) is 2.13. The molecule has 2 rings (SSSR count). The Balaban J connectivity index is 2.01. The lowest BCUT2D eigenvalue weighted by atomic mass is 10.2. The molecule has 6 nitrogen and oxygen atoms in total. The van der Waals surface area contributed by atoms with Gasteiger partial charge in [-0.2, -0.15) is 0 Å². The summed E-state index contributed by atoms with van der Waals surface area (Å²) in [6.45, 7) is 3.46. The zero-order valence-electron chi connectivity index (χ0n) is 11.7. The summed E-state index contributed by atoms with van der Waals surface area (Å²) in [5.74, 6) is 0. The molecule has 0 bridgehead atoms. The fourth-order valence-electron chi connectivity index (χ4n) is 2.13. The molecule has 106 valence electrons. The van der Waals surface area contributed by atoms with Crippen molar-refractivity contribution in [2.45, 2.75) is 19.9 Å². The van der Waals surface area contributed by atoms with Crippen molar-refractivity contribution in [2.75, 3.05) is 18.5 Å². The average Bonchev–Trinajstić information content (AvgIpc) is 2.91. The Kier molecular flexibility index (Phi) is 4.34. The molecule has 0 saturated heterocycles. The summed E-state index contributed by atoms with van der Waals surface area (Å²) >= 11 is 0. The lowest BCUT2D eigenvalue weighted by Crippen LogP contribution is -2.20. The molecule has 6 heteroatoms. The third-order valence-corrected chi connectivity index (χ3v) is 3.21. The summed E-state index contributed by atoms with van der Waals surface area (Å²) in [5.41, 5.74) is 1.72. The largest absolute Gasteiger partial charge is 0.369 e. The standard InChI is InChI=1S/C14H18N4O2/c1-12-4-5-13(14(10-12)18(19)20)16(2)7-3-8-17-9-6-15-11-17/h4-6,9-11H,3,7-8H2,1-2H3. The van der Waals surface area contributed by atoms with Crippen LogP contribution in [0, 0.1) is 17.0 Å². The van der Waals surface area contributed by atoms with Crippen molar-refractivity contribution in [3.63, 3.8) is 0 Å². The number of benzene rings is 1. The summed E-state index contributed by atoms with van der Waals surface area (Å²) in [5, 5.41) is 11.1. The van der Waals surface area contributed by atoms with Crippen LogP contribution in [0.5, 0.6) is 0 Å². The van der Waals surface area contributed by atoms with Gasteiger partial charge in [0.05, 0.1) is 11.3 Å². The SMILES string of the molecule is Cc1ccc(N(C)CCCn2ccnc2)c([N+](=O)[O-])c1. The van der Waals surface area contributed by atoms with Crippen molar-refractivity contribution in [1.82, 2.24) is 9.55 Å². The van der Waals surface area contributed by atoms with Crippen molar-refractivity contribution in [3.8, 4) is 0 Å². The number of hydrogen-bond acceptors (Lipinski definition) is 4. The zero-order valence-corrected chi connectivity index (χ0v) is 11.7. The maximum atomic E-state index is 11.1. The predicted octanol–water partition coefficient (Wildman–Crippen LogP) is 2.63. The van der Waals surface area contributed by atoms with E-state index in [9.17, 15) is 10.1 Å². The van der Waals surface area contributed by atoms with Crippen LogP contribution in [0.4, 0.5) is 11.4 Å². The lowest BCUT2D eigenvalue weighted by Gasteiger charge is -2.19.